The van der Waals surface area contributed by atoms with Gasteiger partial charge in [-0.15, -0.1) is 0 Å². The summed E-state index contributed by atoms with van der Waals surface area (Å²) >= 11 is 0. The highest BCUT2D eigenvalue weighted by Gasteiger charge is 2.30. The Kier molecular flexibility index (Phi) is 3.69. The predicted octanol–water partition coefficient (Wildman–Crippen LogP) is 3.90. The van der Waals surface area contributed by atoms with Gasteiger partial charge in [-0.1, -0.05) is 0 Å². The Balaban J connectivity index is 2.02. The lowest BCUT2D eigenvalue weighted by molar-refractivity contribution is -0.137. The molecule has 3 rings (SSSR count). The lowest BCUT2D eigenvalue weighted by atomic mass is 10.1. The number of carbonyl (C=O) groups excluding carboxylic acids is 1. The monoisotopic (exact) mass is 317 g/mol. The highest BCUT2D eigenvalue weighted by Crippen LogP contribution is 2.33. The number of pyridine rings is 2. The first-order valence-electron chi connectivity index (χ1n) is 6.62. The van der Waals surface area contributed by atoms with Crippen molar-refractivity contribution in [2.45, 2.75) is 6.18 Å². The first-order valence-corrected chi connectivity index (χ1v) is 6.62. The van der Waals surface area contributed by atoms with E-state index >= 15 is 0 Å². The molecule has 7 heteroatoms. The smallest absolute Gasteiger partial charge is 0.321 e. The van der Waals surface area contributed by atoms with Crippen LogP contribution >= 0.6 is 0 Å². The van der Waals surface area contributed by atoms with Crippen LogP contribution in [-0.4, -0.2) is 15.9 Å². The fourth-order valence-corrected chi connectivity index (χ4v) is 2.12. The maximum Gasteiger partial charge on any atom is 0.416 e. The van der Waals surface area contributed by atoms with Gasteiger partial charge in [0, 0.05) is 24.0 Å². The van der Waals surface area contributed by atoms with E-state index in [0.717, 1.165) is 12.1 Å². The molecule has 3 aromatic rings. The van der Waals surface area contributed by atoms with Crippen LogP contribution in [0.4, 0.5) is 18.9 Å². The number of hydrogen-bond donors (Lipinski definition) is 1. The van der Waals surface area contributed by atoms with E-state index in [0.29, 0.717) is 11.1 Å². The molecule has 1 N–H and O–H groups in total. The van der Waals surface area contributed by atoms with Gasteiger partial charge in [0.15, 0.2) is 0 Å². The standard InChI is InChI=1S/C16H10F3N3O/c17-16(18,19)11-3-4-13-12(8-11)14(5-7-21-13)22-15(23)10-2-1-6-20-9-10/h1-9H,(H,21,22,23). The van der Waals surface area contributed by atoms with E-state index in [1.807, 2.05) is 0 Å². The lowest BCUT2D eigenvalue weighted by Gasteiger charge is -2.11. The van der Waals surface area contributed by atoms with Crippen molar-refractivity contribution in [1.82, 2.24) is 9.97 Å². The second-order valence-corrected chi connectivity index (χ2v) is 4.78. The average molecular weight is 317 g/mol. The summed E-state index contributed by atoms with van der Waals surface area (Å²) in [7, 11) is 0. The van der Waals surface area contributed by atoms with Crippen molar-refractivity contribution in [2.24, 2.45) is 0 Å². The first-order chi connectivity index (χ1) is 10.9. The summed E-state index contributed by atoms with van der Waals surface area (Å²) in [4.78, 5) is 20.0. The quantitative estimate of drug-likeness (QED) is 0.780. The number of nitrogens with zero attached hydrogens (tertiary/aromatic N) is 2. The number of rotatable bonds is 2. The van der Waals surface area contributed by atoms with Crippen molar-refractivity contribution >= 4 is 22.5 Å². The highest BCUT2D eigenvalue weighted by atomic mass is 19.4. The Hall–Kier alpha value is -2.96. The highest BCUT2D eigenvalue weighted by molar-refractivity contribution is 6.08. The zero-order chi connectivity index (χ0) is 16.4. The Morgan fingerprint density at radius 3 is 2.61 bits per heavy atom. The number of nitrogens with one attached hydrogen (secondary N) is 1. The molecule has 0 saturated heterocycles. The fraction of sp³-hybridized carbons (Fsp3) is 0.0625. The Morgan fingerprint density at radius 2 is 1.91 bits per heavy atom. The molecule has 1 amide bonds. The van der Waals surface area contributed by atoms with Crippen molar-refractivity contribution < 1.29 is 18.0 Å². The summed E-state index contributed by atoms with van der Waals surface area (Å²) < 4.78 is 38.6. The normalized spacial score (nSPS) is 11.4. The molecule has 0 fully saturated rings. The minimum absolute atomic E-state index is 0.222. The minimum Gasteiger partial charge on any atom is -0.321 e. The molecule has 0 saturated carbocycles. The lowest BCUT2D eigenvalue weighted by Crippen LogP contribution is -2.12. The van der Waals surface area contributed by atoms with Gasteiger partial charge in [-0.05, 0) is 36.4 Å². The van der Waals surface area contributed by atoms with Crippen LogP contribution in [0, 0.1) is 0 Å². The molecule has 23 heavy (non-hydrogen) atoms. The van der Waals surface area contributed by atoms with Gasteiger partial charge >= 0.3 is 6.18 Å². The molecule has 2 aromatic heterocycles. The molecule has 0 aliphatic heterocycles. The largest absolute Gasteiger partial charge is 0.416 e. The molecule has 0 spiro atoms. The third kappa shape index (κ3) is 3.13. The van der Waals surface area contributed by atoms with Gasteiger partial charge < -0.3 is 5.32 Å². The van der Waals surface area contributed by atoms with Crippen molar-refractivity contribution in [3.63, 3.8) is 0 Å². The van der Waals surface area contributed by atoms with Gasteiger partial charge in [-0.25, -0.2) is 0 Å². The van der Waals surface area contributed by atoms with Crippen LogP contribution in [0.1, 0.15) is 15.9 Å². The maximum atomic E-state index is 12.9. The first kappa shape index (κ1) is 15.0. The van der Waals surface area contributed by atoms with Gasteiger partial charge in [-0.2, -0.15) is 13.2 Å². The topological polar surface area (TPSA) is 54.9 Å². The van der Waals surface area contributed by atoms with E-state index in [1.165, 1.54) is 30.7 Å². The Morgan fingerprint density at radius 1 is 1.09 bits per heavy atom. The van der Waals surface area contributed by atoms with Crippen LogP contribution in [0.15, 0.2) is 55.0 Å². The van der Waals surface area contributed by atoms with Crippen molar-refractivity contribution in [2.75, 3.05) is 5.32 Å². The number of halogens is 3. The van der Waals surface area contributed by atoms with E-state index in [2.05, 4.69) is 15.3 Å². The van der Waals surface area contributed by atoms with Crippen LogP contribution in [0.3, 0.4) is 0 Å². The number of anilines is 1. The minimum atomic E-state index is -4.46. The average Bonchev–Trinajstić information content (AvgIpc) is 2.54. The molecule has 4 nitrogen and oxygen atoms in total. The van der Waals surface area contributed by atoms with Crippen molar-refractivity contribution in [3.8, 4) is 0 Å². The summed E-state index contributed by atoms with van der Waals surface area (Å²) in [5, 5.41) is 2.82. The molecule has 0 unspecified atom stereocenters. The SMILES string of the molecule is O=C(Nc1ccnc2ccc(C(F)(F)F)cc12)c1cccnc1. The third-order valence-corrected chi connectivity index (χ3v) is 3.24. The molecular weight excluding hydrogens is 307 g/mol. The van der Waals surface area contributed by atoms with Gasteiger partial charge in [0.25, 0.3) is 5.91 Å². The fourth-order valence-electron chi connectivity index (χ4n) is 2.12. The zero-order valence-electron chi connectivity index (χ0n) is 11.6. The maximum absolute atomic E-state index is 12.9. The van der Waals surface area contributed by atoms with Crippen LogP contribution in [0.25, 0.3) is 10.9 Å². The van der Waals surface area contributed by atoms with Crippen molar-refractivity contribution in [3.05, 3.63) is 66.1 Å². The van der Waals surface area contributed by atoms with Gasteiger partial charge in [0.1, 0.15) is 0 Å². The summed E-state index contributed by atoms with van der Waals surface area (Å²) in [5.74, 6) is -0.456. The summed E-state index contributed by atoms with van der Waals surface area (Å²) in [6, 6.07) is 7.83. The van der Waals surface area contributed by atoms with Gasteiger partial charge in [0.2, 0.25) is 0 Å². The Bertz CT molecular complexity index is 863. The van der Waals surface area contributed by atoms with Gasteiger partial charge in [-0.3, -0.25) is 14.8 Å². The predicted molar refractivity (Wildman–Crippen MR) is 78.9 cm³/mol. The number of amides is 1. The van der Waals surface area contributed by atoms with Crippen LogP contribution in [-0.2, 0) is 6.18 Å². The molecule has 2 heterocycles. The number of aromatic nitrogens is 2. The second kappa shape index (κ2) is 5.68. The number of fused-ring (bicyclic) bond motifs is 1. The van der Waals surface area contributed by atoms with Crippen LogP contribution < -0.4 is 5.32 Å². The third-order valence-electron chi connectivity index (χ3n) is 3.24. The Labute approximate surface area is 129 Å². The zero-order valence-corrected chi connectivity index (χ0v) is 11.6. The van der Waals surface area contributed by atoms with E-state index in [9.17, 15) is 18.0 Å². The summed E-state index contributed by atoms with van der Waals surface area (Å²) in [6.07, 6.45) is -0.142. The van der Waals surface area contributed by atoms with E-state index in [-0.39, 0.29) is 11.1 Å². The molecule has 0 aliphatic carbocycles. The molecule has 0 aliphatic rings. The molecular formula is C16H10F3N3O. The van der Waals surface area contributed by atoms with E-state index in [1.54, 1.807) is 12.1 Å². The van der Waals surface area contributed by atoms with Crippen molar-refractivity contribution in [1.29, 1.82) is 0 Å². The van der Waals surface area contributed by atoms with E-state index in [4.69, 9.17) is 0 Å². The van der Waals surface area contributed by atoms with Crippen LogP contribution in [0.5, 0.6) is 0 Å². The number of carbonyl (C=O) groups is 1. The number of hydrogen-bond acceptors (Lipinski definition) is 3. The molecule has 0 atom stereocenters. The number of alkyl halides is 3. The molecule has 0 bridgehead atoms. The number of benzene rings is 1. The van der Waals surface area contributed by atoms with E-state index < -0.39 is 17.6 Å². The molecule has 0 radical (unpaired) electrons. The molecule has 1 aromatic carbocycles. The second-order valence-electron chi connectivity index (χ2n) is 4.78. The van der Waals surface area contributed by atoms with Crippen LogP contribution in [0.2, 0.25) is 0 Å². The summed E-state index contributed by atoms with van der Waals surface area (Å²) in [6.45, 7) is 0. The molecule has 116 valence electrons. The summed E-state index contributed by atoms with van der Waals surface area (Å²) in [5.41, 5.74) is 0.135. The van der Waals surface area contributed by atoms with Gasteiger partial charge in [0.05, 0.1) is 22.3 Å².